The van der Waals surface area contributed by atoms with Crippen LogP contribution in [0.1, 0.15) is 35.7 Å². The smallest absolute Gasteiger partial charge is 0.264 e. The van der Waals surface area contributed by atoms with Crippen molar-refractivity contribution in [2.24, 2.45) is 0 Å². The predicted molar refractivity (Wildman–Crippen MR) is 107 cm³/mol. The minimum atomic E-state index is -3.84. The second kappa shape index (κ2) is 7.57. The van der Waals surface area contributed by atoms with Crippen LogP contribution in [-0.4, -0.2) is 40.9 Å². The number of Topliss-reactive ketones (excluding diaryl/α,β-unsaturated/α-hetero) is 1. The molecule has 1 heterocycles. The molecule has 29 heavy (non-hydrogen) atoms. The van der Waals surface area contributed by atoms with Crippen molar-refractivity contribution in [3.63, 3.8) is 0 Å². The summed E-state index contributed by atoms with van der Waals surface area (Å²) in [5.41, 5.74) is 4.24. The Morgan fingerprint density at radius 3 is 2.48 bits per heavy atom. The van der Waals surface area contributed by atoms with E-state index in [1.165, 1.54) is 29.2 Å². The Bertz CT molecular complexity index is 1150. The summed E-state index contributed by atoms with van der Waals surface area (Å²) in [4.78, 5) is 36.2. The lowest BCUT2D eigenvalue weighted by molar-refractivity contribution is -0.131. The Morgan fingerprint density at radius 2 is 1.86 bits per heavy atom. The highest BCUT2D eigenvalue weighted by atomic mass is 32.2. The molecule has 0 saturated heterocycles. The largest absolute Gasteiger partial charge is 0.315 e. The Hall–Kier alpha value is -2.78. The first-order valence-electron chi connectivity index (χ1n) is 9.08. The van der Waals surface area contributed by atoms with Crippen molar-refractivity contribution < 1.29 is 23.2 Å². The number of nitrogens with one attached hydrogen (secondary N) is 1. The summed E-state index contributed by atoms with van der Waals surface area (Å²) < 4.78 is 23.5. The molecule has 1 aromatic carbocycles. The number of pyridine rings is 1. The minimum absolute atomic E-state index is 0.0191. The van der Waals surface area contributed by atoms with Gasteiger partial charge in [-0.25, -0.2) is 13.9 Å². The number of sulfone groups is 1. The number of benzene rings is 1. The summed E-state index contributed by atoms with van der Waals surface area (Å²) in [5.74, 6) is -0.917. The maximum absolute atomic E-state index is 12.5. The first-order chi connectivity index (χ1) is 13.6. The third kappa shape index (κ3) is 3.88. The summed E-state index contributed by atoms with van der Waals surface area (Å²) in [6, 6.07) is 8.64. The second-order valence-corrected chi connectivity index (χ2v) is 9.88. The van der Waals surface area contributed by atoms with Gasteiger partial charge in [-0.15, -0.1) is 0 Å². The first kappa shape index (κ1) is 20.9. The molecule has 8 nitrogen and oxygen atoms in total. The van der Waals surface area contributed by atoms with Crippen LogP contribution in [0.15, 0.2) is 41.3 Å². The van der Waals surface area contributed by atoms with Crippen LogP contribution in [0, 0.1) is 0 Å². The molecule has 1 aromatic heterocycles. The highest BCUT2D eigenvalue weighted by molar-refractivity contribution is 7.92. The lowest BCUT2D eigenvalue weighted by Crippen LogP contribution is -2.49. The number of carbonyl (C=O) groups is 2. The topological polar surface area (TPSA) is 123 Å². The maximum Gasteiger partial charge on any atom is 0.264 e. The van der Waals surface area contributed by atoms with Crippen molar-refractivity contribution in [1.82, 2.24) is 10.0 Å². The zero-order valence-corrected chi connectivity index (χ0v) is 17.0. The fraction of sp³-hybridized carbons (Fsp3) is 0.350. The number of fused-ring (bicyclic) bond motifs is 1. The summed E-state index contributed by atoms with van der Waals surface area (Å²) in [7, 11) is -3.84. The predicted octanol–water partition coefficient (Wildman–Crippen LogP) is 1.34. The molecule has 3 rings (SSSR count). The maximum atomic E-state index is 12.5. The summed E-state index contributed by atoms with van der Waals surface area (Å²) in [6.07, 6.45) is 3.46. The normalized spacial score (nSPS) is 15.6. The second-order valence-electron chi connectivity index (χ2n) is 7.44. The van der Waals surface area contributed by atoms with Crippen LogP contribution in [-0.2, 0) is 27.6 Å². The van der Waals surface area contributed by atoms with Gasteiger partial charge in [0.25, 0.3) is 11.5 Å². The Kier molecular flexibility index (Phi) is 5.46. The monoisotopic (exact) mass is 418 g/mol. The minimum Gasteiger partial charge on any atom is -0.315 e. The number of hydrogen-bond acceptors (Lipinski definition) is 6. The Morgan fingerprint density at radius 1 is 1.17 bits per heavy atom. The van der Waals surface area contributed by atoms with Crippen LogP contribution in [0.3, 0.4) is 0 Å². The summed E-state index contributed by atoms with van der Waals surface area (Å²) >= 11 is 0. The quantitative estimate of drug-likeness (QED) is 0.539. The molecule has 1 atom stereocenters. The summed E-state index contributed by atoms with van der Waals surface area (Å²) in [5, 5.41) is 8.88. The molecule has 2 N–H and O–H groups in total. The van der Waals surface area contributed by atoms with Crippen molar-refractivity contribution >= 4 is 21.5 Å². The third-order valence-electron chi connectivity index (χ3n) is 5.59. The number of nitrogens with zero attached hydrogens (tertiary/aromatic N) is 1. The number of aromatic nitrogens is 1. The molecule has 154 valence electrons. The van der Waals surface area contributed by atoms with Crippen molar-refractivity contribution in [2.75, 3.05) is 6.26 Å². The van der Waals surface area contributed by atoms with Crippen molar-refractivity contribution in [1.29, 1.82) is 0 Å². The van der Waals surface area contributed by atoms with E-state index in [0.29, 0.717) is 18.4 Å². The molecule has 0 radical (unpaired) electrons. The van der Waals surface area contributed by atoms with Crippen molar-refractivity contribution in [2.45, 2.75) is 37.5 Å². The number of aryl methyl sites for hydroxylation is 2. The van der Waals surface area contributed by atoms with E-state index in [1.54, 1.807) is 18.2 Å². The van der Waals surface area contributed by atoms with E-state index in [9.17, 15) is 22.8 Å². The molecule has 0 saturated carbocycles. The highest BCUT2D eigenvalue weighted by Gasteiger charge is 2.43. The van der Waals surface area contributed by atoms with Gasteiger partial charge in [-0.1, -0.05) is 18.2 Å². The van der Waals surface area contributed by atoms with E-state index in [2.05, 4.69) is 0 Å². The fourth-order valence-corrected chi connectivity index (χ4v) is 4.27. The van der Waals surface area contributed by atoms with Gasteiger partial charge in [-0.05, 0) is 42.5 Å². The molecule has 0 spiro atoms. The molecular formula is C20H22N2O6S. The highest BCUT2D eigenvalue weighted by Crippen LogP contribution is 2.28. The molecule has 0 unspecified atom stereocenters. The number of hydroxylamine groups is 1. The standard InChI is InChI=1S/C20H22N2O6S/c1-20(19(25)21-26,29(2,27)28)8-10-22-9-7-14(12-18(22)24)13-3-5-16-15(11-13)4-6-17(16)23/h3,5,7,9,11-12,26H,4,6,8,10H2,1-2H3,(H,21,25)/t20-/m1/s1. The number of amides is 1. The van der Waals surface area contributed by atoms with Gasteiger partial charge in [0.15, 0.2) is 20.4 Å². The van der Waals surface area contributed by atoms with Gasteiger partial charge in [0.05, 0.1) is 0 Å². The molecule has 0 aliphatic heterocycles. The Balaban J connectivity index is 1.84. The van der Waals surface area contributed by atoms with Crippen LogP contribution in [0.25, 0.3) is 11.1 Å². The average molecular weight is 418 g/mol. The molecular weight excluding hydrogens is 396 g/mol. The molecule has 9 heteroatoms. The van der Waals surface area contributed by atoms with Crippen LogP contribution >= 0.6 is 0 Å². The van der Waals surface area contributed by atoms with E-state index in [4.69, 9.17) is 5.21 Å². The van der Waals surface area contributed by atoms with Gasteiger partial charge in [-0.3, -0.25) is 19.6 Å². The lowest BCUT2D eigenvalue weighted by Gasteiger charge is -2.25. The SMILES string of the molecule is C[C@@](CCn1ccc(-c2ccc3c(c2)CCC3=O)cc1=O)(C(=O)NO)S(C)(=O)=O. The van der Waals surface area contributed by atoms with E-state index in [1.807, 2.05) is 6.07 Å². The van der Waals surface area contributed by atoms with Gasteiger partial charge in [0, 0.05) is 37.0 Å². The van der Waals surface area contributed by atoms with E-state index in [-0.39, 0.29) is 24.3 Å². The summed E-state index contributed by atoms with van der Waals surface area (Å²) in [6.45, 7) is 1.19. The van der Waals surface area contributed by atoms with Crippen molar-refractivity contribution in [3.05, 3.63) is 58.0 Å². The van der Waals surface area contributed by atoms with Crippen LogP contribution in [0.4, 0.5) is 0 Å². The van der Waals surface area contributed by atoms with Crippen molar-refractivity contribution in [3.8, 4) is 11.1 Å². The van der Waals surface area contributed by atoms with E-state index < -0.39 is 20.5 Å². The molecule has 0 fully saturated rings. The lowest BCUT2D eigenvalue weighted by atomic mass is 10.0. The van der Waals surface area contributed by atoms with Crippen LogP contribution < -0.4 is 11.0 Å². The Labute approximate surface area is 168 Å². The van der Waals surface area contributed by atoms with Gasteiger partial charge in [-0.2, -0.15) is 0 Å². The fourth-order valence-electron chi connectivity index (χ4n) is 3.43. The van der Waals surface area contributed by atoms with E-state index >= 15 is 0 Å². The number of ketones is 1. The van der Waals surface area contributed by atoms with Gasteiger partial charge in [0.2, 0.25) is 0 Å². The molecule has 1 aliphatic carbocycles. The number of rotatable bonds is 6. The number of carbonyl (C=O) groups excluding carboxylic acids is 2. The average Bonchev–Trinajstić information content (AvgIpc) is 3.05. The van der Waals surface area contributed by atoms with Gasteiger partial charge in [0.1, 0.15) is 0 Å². The molecule has 1 aliphatic rings. The molecule has 2 aromatic rings. The zero-order chi connectivity index (χ0) is 21.4. The first-order valence-corrected chi connectivity index (χ1v) is 11.0. The van der Waals surface area contributed by atoms with Gasteiger partial charge < -0.3 is 4.57 Å². The van der Waals surface area contributed by atoms with Crippen LogP contribution in [0.2, 0.25) is 0 Å². The van der Waals surface area contributed by atoms with Gasteiger partial charge >= 0.3 is 0 Å². The number of hydrogen-bond donors (Lipinski definition) is 2. The van der Waals surface area contributed by atoms with Crippen LogP contribution in [0.5, 0.6) is 0 Å². The zero-order valence-electron chi connectivity index (χ0n) is 16.1. The van der Waals surface area contributed by atoms with E-state index in [0.717, 1.165) is 22.9 Å². The molecule has 0 bridgehead atoms. The molecule has 1 amide bonds. The third-order valence-corrected chi connectivity index (χ3v) is 7.61.